The molecule has 0 bridgehead atoms. The zero-order valence-corrected chi connectivity index (χ0v) is 10.0. The van der Waals surface area contributed by atoms with Gasteiger partial charge in [0.2, 0.25) is 5.91 Å². The van der Waals surface area contributed by atoms with Crippen LogP contribution in [0.3, 0.4) is 0 Å². The van der Waals surface area contributed by atoms with Crippen LogP contribution >= 0.6 is 34.5 Å². The van der Waals surface area contributed by atoms with E-state index in [1.165, 1.54) is 11.3 Å². The van der Waals surface area contributed by atoms with Crippen LogP contribution in [0.25, 0.3) is 0 Å². The zero-order chi connectivity index (χ0) is 10.6. The van der Waals surface area contributed by atoms with E-state index in [9.17, 15) is 4.79 Å². The Hall–Kier alpha value is -0.250. The molecular formula is C9H11Cl2NOS. The molecule has 0 aromatic carbocycles. The van der Waals surface area contributed by atoms with Gasteiger partial charge in [0.1, 0.15) is 0 Å². The normalized spacial score (nSPS) is 12.5. The summed E-state index contributed by atoms with van der Waals surface area (Å²) in [6.07, 6.45) is 0.352. The van der Waals surface area contributed by atoms with Gasteiger partial charge in [-0.05, 0) is 19.1 Å². The van der Waals surface area contributed by atoms with Gasteiger partial charge >= 0.3 is 0 Å². The van der Waals surface area contributed by atoms with Crippen molar-refractivity contribution < 1.29 is 4.79 Å². The number of amides is 1. The smallest absolute Gasteiger partial charge is 0.221 e. The molecule has 0 aliphatic rings. The zero-order valence-electron chi connectivity index (χ0n) is 7.72. The van der Waals surface area contributed by atoms with Crippen LogP contribution in [-0.4, -0.2) is 11.8 Å². The Balaban J connectivity index is 2.50. The first-order valence-electron chi connectivity index (χ1n) is 4.24. The maximum absolute atomic E-state index is 11.2. The molecule has 0 radical (unpaired) electrons. The number of alkyl halides is 1. The Morgan fingerprint density at radius 1 is 1.64 bits per heavy atom. The Bertz CT molecular complexity index is 314. The van der Waals surface area contributed by atoms with E-state index in [1.807, 2.05) is 19.1 Å². The van der Waals surface area contributed by atoms with Crippen LogP contribution in [0.4, 0.5) is 0 Å². The first kappa shape index (κ1) is 11.8. The Kier molecular flexibility index (Phi) is 4.72. The van der Waals surface area contributed by atoms with Crippen molar-refractivity contribution >= 4 is 40.4 Å². The highest BCUT2D eigenvalue weighted by molar-refractivity contribution is 7.16. The molecule has 1 heterocycles. The van der Waals surface area contributed by atoms with E-state index in [0.717, 1.165) is 9.21 Å². The molecule has 1 amide bonds. The number of nitrogens with one attached hydrogen (secondary N) is 1. The van der Waals surface area contributed by atoms with Crippen molar-refractivity contribution in [3.05, 3.63) is 21.3 Å². The number of carbonyl (C=O) groups is 1. The summed E-state index contributed by atoms with van der Waals surface area (Å²) in [5.74, 6) is 0.320. The number of hydrogen-bond donors (Lipinski definition) is 1. The molecule has 0 spiro atoms. The summed E-state index contributed by atoms with van der Waals surface area (Å²) in [5, 5.41) is 2.84. The Morgan fingerprint density at radius 2 is 2.36 bits per heavy atom. The minimum Gasteiger partial charge on any atom is -0.349 e. The molecule has 1 unspecified atom stereocenters. The molecule has 0 fully saturated rings. The fraction of sp³-hybridized carbons (Fsp3) is 0.444. The third kappa shape index (κ3) is 3.48. The molecular weight excluding hydrogens is 241 g/mol. The maximum Gasteiger partial charge on any atom is 0.221 e. The molecule has 1 rings (SSSR count). The van der Waals surface area contributed by atoms with E-state index in [2.05, 4.69) is 5.32 Å². The van der Waals surface area contributed by atoms with Crippen molar-refractivity contribution in [3.63, 3.8) is 0 Å². The fourth-order valence-corrected chi connectivity index (χ4v) is 2.27. The molecule has 78 valence electrons. The summed E-state index contributed by atoms with van der Waals surface area (Å²) >= 11 is 12.7. The van der Waals surface area contributed by atoms with Gasteiger partial charge in [-0.15, -0.1) is 22.9 Å². The van der Waals surface area contributed by atoms with Crippen LogP contribution in [0.1, 0.15) is 24.3 Å². The lowest BCUT2D eigenvalue weighted by atomic mass is 10.2. The number of thiophene rings is 1. The lowest BCUT2D eigenvalue weighted by Gasteiger charge is -2.10. The summed E-state index contributed by atoms with van der Waals surface area (Å²) in [5.41, 5.74) is 0. The molecule has 1 aromatic heterocycles. The van der Waals surface area contributed by atoms with Crippen LogP contribution in [0.5, 0.6) is 0 Å². The molecule has 1 atom stereocenters. The monoisotopic (exact) mass is 251 g/mol. The third-order valence-electron chi connectivity index (χ3n) is 1.72. The van der Waals surface area contributed by atoms with Gasteiger partial charge in [0.05, 0.1) is 10.4 Å². The van der Waals surface area contributed by atoms with Crippen molar-refractivity contribution in [3.8, 4) is 0 Å². The summed E-state index contributed by atoms with van der Waals surface area (Å²) in [4.78, 5) is 12.3. The quantitative estimate of drug-likeness (QED) is 0.819. The van der Waals surface area contributed by atoms with Crippen molar-refractivity contribution in [2.24, 2.45) is 0 Å². The van der Waals surface area contributed by atoms with Gasteiger partial charge in [-0.25, -0.2) is 0 Å². The SMILES string of the molecule is CC(NC(=O)CCCl)c1ccc(Cl)s1. The van der Waals surface area contributed by atoms with Crippen LogP contribution in [0.15, 0.2) is 12.1 Å². The highest BCUT2D eigenvalue weighted by Crippen LogP contribution is 2.26. The van der Waals surface area contributed by atoms with Crippen molar-refractivity contribution in [2.75, 3.05) is 5.88 Å². The van der Waals surface area contributed by atoms with Crippen molar-refractivity contribution in [1.82, 2.24) is 5.32 Å². The van der Waals surface area contributed by atoms with E-state index in [1.54, 1.807) is 0 Å². The first-order chi connectivity index (χ1) is 6.63. The van der Waals surface area contributed by atoms with Gasteiger partial charge in [0.15, 0.2) is 0 Å². The van der Waals surface area contributed by atoms with Gasteiger partial charge in [0.25, 0.3) is 0 Å². The van der Waals surface area contributed by atoms with Gasteiger partial charge < -0.3 is 5.32 Å². The van der Waals surface area contributed by atoms with E-state index in [-0.39, 0.29) is 11.9 Å². The van der Waals surface area contributed by atoms with Gasteiger partial charge in [0, 0.05) is 17.2 Å². The second kappa shape index (κ2) is 5.59. The fourth-order valence-electron chi connectivity index (χ4n) is 1.03. The van der Waals surface area contributed by atoms with Gasteiger partial charge in [-0.2, -0.15) is 0 Å². The predicted octanol–water partition coefficient (Wildman–Crippen LogP) is 3.21. The summed E-state index contributed by atoms with van der Waals surface area (Å²) in [7, 11) is 0. The Labute approximate surface area is 97.2 Å². The summed E-state index contributed by atoms with van der Waals surface area (Å²) in [6.45, 7) is 1.92. The minimum atomic E-state index is -0.0305. The Morgan fingerprint density at radius 3 is 2.86 bits per heavy atom. The van der Waals surface area contributed by atoms with E-state index in [0.29, 0.717) is 12.3 Å². The van der Waals surface area contributed by atoms with Crippen LogP contribution in [0.2, 0.25) is 4.34 Å². The molecule has 0 saturated carbocycles. The van der Waals surface area contributed by atoms with E-state index >= 15 is 0 Å². The van der Waals surface area contributed by atoms with E-state index in [4.69, 9.17) is 23.2 Å². The van der Waals surface area contributed by atoms with Crippen molar-refractivity contribution in [2.45, 2.75) is 19.4 Å². The maximum atomic E-state index is 11.2. The highest BCUT2D eigenvalue weighted by Gasteiger charge is 2.10. The van der Waals surface area contributed by atoms with Gasteiger partial charge in [-0.1, -0.05) is 11.6 Å². The number of hydrogen-bond acceptors (Lipinski definition) is 2. The van der Waals surface area contributed by atoms with Crippen molar-refractivity contribution in [1.29, 1.82) is 0 Å². The largest absolute Gasteiger partial charge is 0.349 e. The van der Waals surface area contributed by atoms with Crippen LogP contribution in [0, 0.1) is 0 Å². The average Bonchev–Trinajstić information content (AvgIpc) is 2.52. The molecule has 14 heavy (non-hydrogen) atoms. The lowest BCUT2D eigenvalue weighted by Crippen LogP contribution is -2.26. The summed E-state index contributed by atoms with van der Waals surface area (Å²) < 4.78 is 0.735. The van der Waals surface area contributed by atoms with Crippen LogP contribution in [-0.2, 0) is 4.79 Å². The molecule has 1 N–H and O–H groups in total. The molecule has 0 aliphatic heterocycles. The standard InChI is InChI=1S/C9H11Cl2NOS/c1-6(12-9(13)4-5-10)7-2-3-8(11)14-7/h2-3,6H,4-5H2,1H3,(H,12,13). The third-order valence-corrected chi connectivity index (χ3v) is 3.32. The molecule has 5 heteroatoms. The predicted molar refractivity (Wildman–Crippen MR) is 61.2 cm³/mol. The second-order valence-electron chi connectivity index (χ2n) is 2.87. The topological polar surface area (TPSA) is 29.1 Å². The molecule has 0 saturated heterocycles. The first-order valence-corrected chi connectivity index (χ1v) is 5.97. The highest BCUT2D eigenvalue weighted by atomic mass is 35.5. The number of carbonyl (C=O) groups excluding carboxylic acids is 1. The van der Waals surface area contributed by atoms with Crippen LogP contribution < -0.4 is 5.32 Å². The lowest BCUT2D eigenvalue weighted by molar-refractivity contribution is -0.121. The summed E-state index contributed by atoms with van der Waals surface area (Å²) in [6, 6.07) is 3.74. The van der Waals surface area contributed by atoms with Gasteiger partial charge in [-0.3, -0.25) is 4.79 Å². The second-order valence-corrected chi connectivity index (χ2v) is 4.99. The molecule has 1 aromatic rings. The number of rotatable bonds is 4. The molecule has 2 nitrogen and oxygen atoms in total. The molecule has 0 aliphatic carbocycles. The minimum absolute atomic E-state index is 0.00298. The number of halogens is 2. The van der Waals surface area contributed by atoms with E-state index < -0.39 is 0 Å². The average molecular weight is 252 g/mol.